The van der Waals surface area contributed by atoms with E-state index in [2.05, 4.69) is 10.6 Å². The van der Waals surface area contributed by atoms with Crippen LogP contribution in [0, 0.1) is 18.2 Å². The first-order valence-corrected chi connectivity index (χ1v) is 11.0. The minimum absolute atomic E-state index is 0.0169. The van der Waals surface area contributed by atoms with Crippen LogP contribution in [-0.2, 0) is 23.1 Å². The summed E-state index contributed by atoms with van der Waals surface area (Å²) < 4.78 is 41.1. The van der Waals surface area contributed by atoms with Crippen LogP contribution in [0.2, 0.25) is 0 Å². The van der Waals surface area contributed by atoms with Gasteiger partial charge in [0.05, 0.1) is 11.4 Å². The molecule has 1 amide bonds. The summed E-state index contributed by atoms with van der Waals surface area (Å²) in [6.45, 7) is 0.334. The topological polar surface area (TPSA) is 66.5 Å². The molecule has 0 fully saturated rings. The van der Waals surface area contributed by atoms with Gasteiger partial charge in [-0.15, -0.1) is 6.42 Å². The molecule has 0 aliphatic heterocycles. The molecule has 0 aromatic heterocycles. The lowest BCUT2D eigenvalue weighted by Gasteiger charge is -2.21. The molecule has 0 saturated carbocycles. The predicted octanol–water partition coefficient (Wildman–Crippen LogP) is 3.58. The number of nitrogens with one attached hydrogen (secondary N) is 1. The van der Waals surface area contributed by atoms with Gasteiger partial charge in [0, 0.05) is 18.7 Å². The second kappa shape index (κ2) is 10.0. The molecule has 31 heavy (non-hydrogen) atoms. The highest BCUT2D eigenvalue weighted by Gasteiger charge is 2.19. The van der Waals surface area contributed by atoms with E-state index in [-0.39, 0.29) is 35.9 Å². The number of sulfonamides is 1. The van der Waals surface area contributed by atoms with E-state index < -0.39 is 15.9 Å². The molecule has 7 heteroatoms. The van der Waals surface area contributed by atoms with Crippen LogP contribution in [0.1, 0.15) is 21.5 Å². The zero-order chi connectivity index (χ0) is 22.3. The number of carbonyl (C=O) groups excluding carboxylic acids is 1. The summed E-state index contributed by atoms with van der Waals surface area (Å²) in [6, 6.07) is 20.7. The Labute approximate surface area is 181 Å². The van der Waals surface area contributed by atoms with Crippen LogP contribution >= 0.6 is 0 Å². The highest BCUT2D eigenvalue weighted by molar-refractivity contribution is 7.89. The highest BCUT2D eigenvalue weighted by atomic mass is 32.2. The van der Waals surface area contributed by atoms with Crippen molar-refractivity contribution in [2.45, 2.75) is 18.0 Å². The van der Waals surface area contributed by atoms with Gasteiger partial charge in [-0.1, -0.05) is 54.5 Å². The average Bonchev–Trinajstić information content (AvgIpc) is 2.79. The van der Waals surface area contributed by atoms with Gasteiger partial charge in [-0.2, -0.15) is 0 Å². The fourth-order valence-electron chi connectivity index (χ4n) is 2.96. The molecule has 3 rings (SSSR count). The van der Waals surface area contributed by atoms with Gasteiger partial charge in [-0.3, -0.25) is 4.79 Å². The molecular weight excluding hydrogens is 415 g/mol. The van der Waals surface area contributed by atoms with Crippen molar-refractivity contribution in [2.75, 3.05) is 6.54 Å². The van der Waals surface area contributed by atoms with Crippen molar-refractivity contribution < 1.29 is 17.6 Å². The zero-order valence-corrected chi connectivity index (χ0v) is 17.5. The maximum atomic E-state index is 13.1. The smallest absolute Gasteiger partial charge is 0.254 e. The lowest BCUT2D eigenvalue weighted by molar-refractivity contribution is 0.0765. The Morgan fingerprint density at radius 1 is 0.968 bits per heavy atom. The molecule has 0 unspecified atom stereocenters. The van der Waals surface area contributed by atoms with Gasteiger partial charge in [0.2, 0.25) is 10.0 Å². The first-order valence-electron chi connectivity index (χ1n) is 9.50. The molecule has 0 aliphatic carbocycles. The minimum Gasteiger partial charge on any atom is -0.323 e. The van der Waals surface area contributed by atoms with E-state index >= 15 is 0 Å². The fraction of sp³-hybridized carbons (Fsp3) is 0.125. The van der Waals surface area contributed by atoms with Crippen molar-refractivity contribution in [3.8, 4) is 12.3 Å². The number of nitrogens with zero attached hydrogens (tertiary/aromatic N) is 1. The largest absolute Gasteiger partial charge is 0.323 e. The van der Waals surface area contributed by atoms with E-state index in [0.29, 0.717) is 5.56 Å². The standard InChI is InChI=1S/C24H21FN2O3S/c1-2-15-27(18-20-11-13-22(25)14-12-20)24(28)21-9-6-10-23(16-21)31(29,30)26-17-19-7-4-3-5-8-19/h1,3-14,16,26H,15,17-18H2. The SMILES string of the molecule is C#CCN(Cc1ccc(F)cc1)C(=O)c1cccc(S(=O)(=O)NCc2ccccc2)c1. The summed E-state index contributed by atoms with van der Waals surface area (Å²) in [7, 11) is -3.82. The number of hydrogen-bond donors (Lipinski definition) is 1. The number of hydrogen-bond acceptors (Lipinski definition) is 3. The van der Waals surface area contributed by atoms with Crippen LogP contribution in [-0.4, -0.2) is 25.8 Å². The first-order chi connectivity index (χ1) is 14.9. The van der Waals surface area contributed by atoms with Crippen molar-refractivity contribution >= 4 is 15.9 Å². The van der Waals surface area contributed by atoms with Gasteiger partial charge in [-0.25, -0.2) is 17.5 Å². The molecule has 0 aliphatic rings. The molecule has 0 saturated heterocycles. The Hall–Kier alpha value is -3.47. The van der Waals surface area contributed by atoms with Crippen molar-refractivity contribution in [2.24, 2.45) is 0 Å². The number of halogens is 1. The molecule has 158 valence electrons. The summed E-state index contributed by atoms with van der Waals surface area (Å²) in [5.74, 6) is 1.64. The van der Waals surface area contributed by atoms with E-state index in [4.69, 9.17) is 6.42 Å². The fourth-order valence-corrected chi connectivity index (χ4v) is 4.02. The molecule has 0 atom stereocenters. The normalized spacial score (nSPS) is 11.0. The molecule has 0 spiro atoms. The lowest BCUT2D eigenvalue weighted by atomic mass is 10.1. The maximum absolute atomic E-state index is 13.1. The summed E-state index contributed by atoms with van der Waals surface area (Å²) in [4.78, 5) is 14.4. The van der Waals surface area contributed by atoms with Crippen LogP contribution in [0.15, 0.2) is 83.8 Å². The van der Waals surface area contributed by atoms with E-state index in [9.17, 15) is 17.6 Å². The summed E-state index contributed by atoms with van der Waals surface area (Å²) >= 11 is 0. The quantitative estimate of drug-likeness (QED) is 0.549. The van der Waals surface area contributed by atoms with Crippen LogP contribution < -0.4 is 4.72 Å². The highest BCUT2D eigenvalue weighted by Crippen LogP contribution is 2.16. The third-order valence-corrected chi connectivity index (χ3v) is 5.96. The van der Waals surface area contributed by atoms with Crippen LogP contribution in [0.4, 0.5) is 4.39 Å². The molecule has 3 aromatic rings. The summed E-state index contributed by atoms with van der Waals surface area (Å²) in [5, 5.41) is 0. The monoisotopic (exact) mass is 436 g/mol. The first kappa shape index (κ1) is 22.2. The molecule has 0 radical (unpaired) electrons. The maximum Gasteiger partial charge on any atom is 0.254 e. The van der Waals surface area contributed by atoms with Crippen molar-refractivity contribution in [1.29, 1.82) is 0 Å². The second-order valence-corrected chi connectivity index (χ2v) is 8.60. The van der Waals surface area contributed by atoms with Crippen molar-refractivity contribution in [3.63, 3.8) is 0 Å². The second-order valence-electron chi connectivity index (χ2n) is 6.83. The third-order valence-electron chi connectivity index (χ3n) is 4.56. The van der Waals surface area contributed by atoms with Gasteiger partial charge < -0.3 is 4.90 Å². The predicted molar refractivity (Wildman–Crippen MR) is 117 cm³/mol. The summed E-state index contributed by atoms with van der Waals surface area (Å²) in [6.07, 6.45) is 5.41. The molecule has 1 N–H and O–H groups in total. The van der Waals surface area contributed by atoms with E-state index in [1.807, 2.05) is 30.3 Å². The molecule has 0 bridgehead atoms. The van der Waals surface area contributed by atoms with Crippen LogP contribution in [0.25, 0.3) is 0 Å². The van der Waals surface area contributed by atoms with Gasteiger partial charge in [0.1, 0.15) is 5.82 Å². The molecule has 3 aromatic carbocycles. The minimum atomic E-state index is -3.82. The molecular formula is C24H21FN2O3S. The Bertz CT molecular complexity index is 1190. The van der Waals surface area contributed by atoms with E-state index in [1.165, 1.54) is 41.3 Å². The number of rotatable bonds is 8. The number of carbonyl (C=O) groups is 1. The van der Waals surface area contributed by atoms with Crippen LogP contribution in [0.3, 0.4) is 0 Å². The number of amides is 1. The van der Waals surface area contributed by atoms with Crippen molar-refractivity contribution in [1.82, 2.24) is 9.62 Å². The van der Waals surface area contributed by atoms with Gasteiger partial charge >= 0.3 is 0 Å². The summed E-state index contributed by atoms with van der Waals surface area (Å²) in [5.41, 5.74) is 1.72. The Morgan fingerprint density at radius 3 is 2.35 bits per heavy atom. The Morgan fingerprint density at radius 2 is 1.68 bits per heavy atom. The van der Waals surface area contributed by atoms with Crippen molar-refractivity contribution in [3.05, 3.63) is 101 Å². The van der Waals surface area contributed by atoms with E-state index in [1.54, 1.807) is 12.1 Å². The number of benzene rings is 3. The lowest BCUT2D eigenvalue weighted by Crippen LogP contribution is -2.31. The zero-order valence-electron chi connectivity index (χ0n) is 16.7. The Balaban J connectivity index is 1.78. The third kappa shape index (κ3) is 6.01. The van der Waals surface area contributed by atoms with Crippen LogP contribution in [0.5, 0.6) is 0 Å². The molecule has 5 nitrogen and oxygen atoms in total. The van der Waals surface area contributed by atoms with Gasteiger partial charge in [0.25, 0.3) is 5.91 Å². The average molecular weight is 437 g/mol. The Kier molecular flexibility index (Phi) is 7.19. The van der Waals surface area contributed by atoms with Gasteiger partial charge in [0.15, 0.2) is 0 Å². The van der Waals surface area contributed by atoms with Gasteiger partial charge in [-0.05, 0) is 41.5 Å². The molecule has 0 heterocycles. The number of terminal acetylenes is 1. The van der Waals surface area contributed by atoms with E-state index in [0.717, 1.165) is 5.56 Å².